The molecule has 0 unspecified atom stereocenters. The number of aromatic amines is 1. The summed E-state index contributed by atoms with van der Waals surface area (Å²) in [6, 6.07) is 2.09. The fourth-order valence-corrected chi connectivity index (χ4v) is 2.18. The maximum Gasteiger partial charge on any atom is 0.389 e. The van der Waals surface area contributed by atoms with Crippen molar-refractivity contribution >= 4 is 10.0 Å². The lowest BCUT2D eigenvalue weighted by Gasteiger charge is -2.08. The topological polar surface area (TPSA) is 79.0 Å². The molecule has 9 heteroatoms. The van der Waals surface area contributed by atoms with Crippen molar-refractivity contribution < 1.29 is 21.6 Å². The van der Waals surface area contributed by atoms with Gasteiger partial charge in [-0.05, 0) is 12.5 Å². The molecule has 0 bridgehead atoms. The lowest BCUT2D eigenvalue weighted by molar-refractivity contribution is -0.135. The third-order valence-electron chi connectivity index (χ3n) is 2.00. The minimum absolute atomic E-state index is 0.200. The monoisotopic (exact) mass is 284 g/mol. The van der Waals surface area contributed by atoms with Crippen LogP contribution in [0.2, 0.25) is 0 Å². The first-order valence-electron chi connectivity index (χ1n) is 4.96. The molecule has 1 aromatic heterocycles. The minimum atomic E-state index is -4.30. The number of hydrogen-bond donors (Lipinski definition) is 2. The highest BCUT2D eigenvalue weighted by molar-refractivity contribution is 7.89. The molecule has 1 heterocycles. The summed E-state index contributed by atoms with van der Waals surface area (Å²) in [6.45, 7) is -0.318. The third-order valence-corrected chi connectivity index (χ3v) is 3.45. The van der Waals surface area contributed by atoms with Gasteiger partial charge < -0.3 is 4.98 Å². The predicted molar refractivity (Wildman–Crippen MR) is 57.5 cm³/mol. The molecule has 0 atom stereocenters. The molecule has 2 N–H and O–H groups in total. The van der Waals surface area contributed by atoms with Gasteiger partial charge in [-0.1, -0.05) is 0 Å². The average Bonchev–Trinajstić information content (AvgIpc) is 2.24. The van der Waals surface area contributed by atoms with Crippen molar-refractivity contribution in [3.05, 3.63) is 28.7 Å². The van der Waals surface area contributed by atoms with Crippen LogP contribution in [0.5, 0.6) is 0 Å². The molecule has 0 saturated carbocycles. The van der Waals surface area contributed by atoms with Crippen LogP contribution in [0, 0.1) is 0 Å². The summed E-state index contributed by atoms with van der Waals surface area (Å²) in [5.41, 5.74) is -0.467. The Morgan fingerprint density at radius 3 is 2.44 bits per heavy atom. The second kappa shape index (κ2) is 5.53. The largest absolute Gasteiger partial charge is 0.389 e. The second-order valence-electron chi connectivity index (χ2n) is 3.51. The molecule has 102 valence electrons. The van der Waals surface area contributed by atoms with Crippen molar-refractivity contribution in [3.8, 4) is 0 Å². The van der Waals surface area contributed by atoms with E-state index in [0.717, 1.165) is 18.3 Å². The van der Waals surface area contributed by atoms with Crippen molar-refractivity contribution in [2.45, 2.75) is 23.9 Å². The number of H-pyrrole nitrogens is 1. The van der Waals surface area contributed by atoms with Crippen LogP contribution < -0.4 is 10.3 Å². The van der Waals surface area contributed by atoms with E-state index >= 15 is 0 Å². The Morgan fingerprint density at radius 1 is 1.28 bits per heavy atom. The molecule has 0 radical (unpaired) electrons. The molecular formula is C9H11F3N2O3S. The number of pyridine rings is 1. The zero-order valence-electron chi connectivity index (χ0n) is 9.12. The van der Waals surface area contributed by atoms with Crippen LogP contribution in [0.1, 0.15) is 12.8 Å². The van der Waals surface area contributed by atoms with E-state index in [0.29, 0.717) is 0 Å². The first-order chi connectivity index (χ1) is 8.21. The smallest absolute Gasteiger partial charge is 0.328 e. The molecule has 0 aromatic carbocycles. The minimum Gasteiger partial charge on any atom is -0.328 e. The first kappa shape index (κ1) is 14.7. The van der Waals surface area contributed by atoms with E-state index in [1.807, 2.05) is 4.72 Å². The second-order valence-corrected chi connectivity index (χ2v) is 5.27. The molecule has 0 amide bonds. The molecule has 1 rings (SSSR count). The molecular weight excluding hydrogens is 273 g/mol. The Labute approximate surface area is 101 Å². The van der Waals surface area contributed by atoms with Gasteiger partial charge in [-0.2, -0.15) is 13.2 Å². The lowest BCUT2D eigenvalue weighted by atomic mass is 10.3. The van der Waals surface area contributed by atoms with Crippen LogP contribution in [0.3, 0.4) is 0 Å². The maximum atomic E-state index is 11.8. The highest BCUT2D eigenvalue weighted by Gasteiger charge is 2.26. The van der Waals surface area contributed by atoms with Crippen LogP contribution in [0.15, 0.2) is 28.0 Å². The average molecular weight is 284 g/mol. The van der Waals surface area contributed by atoms with Gasteiger partial charge in [0, 0.05) is 25.2 Å². The molecule has 0 fully saturated rings. The van der Waals surface area contributed by atoms with E-state index in [1.54, 1.807) is 0 Å². The standard InChI is InChI=1S/C9H11F3N2O3S/c10-9(11,12)4-1-5-14-18(16,17)7-2-3-8(15)13-6-7/h2-3,6,14H,1,4-5H2,(H,13,15). The summed E-state index contributed by atoms with van der Waals surface area (Å²) >= 11 is 0. The third kappa shape index (κ3) is 4.88. The van der Waals surface area contributed by atoms with Gasteiger partial charge in [0.15, 0.2) is 0 Å². The molecule has 18 heavy (non-hydrogen) atoms. The summed E-state index contributed by atoms with van der Waals surface area (Å²) < 4.78 is 60.6. The van der Waals surface area contributed by atoms with Gasteiger partial charge in [-0.15, -0.1) is 0 Å². The summed E-state index contributed by atoms with van der Waals surface area (Å²) in [5, 5.41) is 0. The van der Waals surface area contributed by atoms with Crippen LogP contribution in [0.4, 0.5) is 13.2 Å². The highest BCUT2D eigenvalue weighted by Crippen LogP contribution is 2.20. The summed E-state index contributed by atoms with van der Waals surface area (Å²) in [5.74, 6) is 0. The van der Waals surface area contributed by atoms with E-state index in [9.17, 15) is 26.4 Å². The SMILES string of the molecule is O=c1ccc(S(=O)(=O)NCCCC(F)(F)F)c[nH]1. The van der Waals surface area contributed by atoms with E-state index in [2.05, 4.69) is 4.98 Å². The Kier molecular flexibility index (Phi) is 4.52. The predicted octanol–water partition coefficient (Wildman–Crippen LogP) is 0.996. The molecule has 5 nitrogen and oxygen atoms in total. The van der Waals surface area contributed by atoms with Crippen molar-refractivity contribution in [1.82, 2.24) is 9.71 Å². The van der Waals surface area contributed by atoms with Crippen molar-refractivity contribution in [2.24, 2.45) is 0 Å². The summed E-state index contributed by atoms with van der Waals surface area (Å²) in [4.78, 5) is 12.7. The number of nitrogens with one attached hydrogen (secondary N) is 2. The number of halogens is 3. The zero-order chi connectivity index (χ0) is 13.8. The van der Waals surface area contributed by atoms with Crippen LogP contribution in [0.25, 0.3) is 0 Å². The summed E-state index contributed by atoms with van der Waals surface area (Å²) in [7, 11) is -3.88. The Hall–Kier alpha value is -1.35. The number of hydrogen-bond acceptors (Lipinski definition) is 3. The summed E-state index contributed by atoms with van der Waals surface area (Å²) in [6.07, 6.45) is -4.72. The number of aromatic nitrogens is 1. The Balaban J connectivity index is 2.56. The highest BCUT2D eigenvalue weighted by atomic mass is 32.2. The number of rotatable bonds is 5. The lowest BCUT2D eigenvalue weighted by Crippen LogP contribution is -2.26. The van der Waals surface area contributed by atoms with Crippen molar-refractivity contribution in [1.29, 1.82) is 0 Å². The molecule has 0 aliphatic carbocycles. The van der Waals surface area contributed by atoms with E-state index < -0.39 is 28.2 Å². The Morgan fingerprint density at radius 2 is 1.94 bits per heavy atom. The van der Waals surface area contributed by atoms with Crippen molar-refractivity contribution in [2.75, 3.05) is 6.54 Å². The zero-order valence-corrected chi connectivity index (χ0v) is 9.94. The number of alkyl halides is 3. The fourth-order valence-electron chi connectivity index (χ4n) is 1.14. The van der Waals surface area contributed by atoms with E-state index in [-0.39, 0.29) is 17.9 Å². The first-order valence-corrected chi connectivity index (χ1v) is 6.44. The van der Waals surface area contributed by atoms with Crippen LogP contribution in [-0.4, -0.2) is 26.1 Å². The van der Waals surface area contributed by atoms with Gasteiger partial charge in [0.05, 0.1) is 4.90 Å². The van der Waals surface area contributed by atoms with Gasteiger partial charge in [0.1, 0.15) is 0 Å². The molecule has 0 aliphatic heterocycles. The quantitative estimate of drug-likeness (QED) is 0.792. The fraction of sp³-hybridized carbons (Fsp3) is 0.444. The van der Waals surface area contributed by atoms with E-state index in [4.69, 9.17) is 0 Å². The normalized spacial score (nSPS) is 12.6. The Bertz CT molecular complexity index is 530. The maximum absolute atomic E-state index is 11.8. The van der Waals surface area contributed by atoms with E-state index in [1.165, 1.54) is 0 Å². The molecule has 0 saturated heterocycles. The van der Waals surface area contributed by atoms with Gasteiger partial charge in [-0.25, -0.2) is 13.1 Å². The molecule has 0 spiro atoms. The molecule has 0 aliphatic rings. The van der Waals surface area contributed by atoms with Crippen LogP contribution >= 0.6 is 0 Å². The molecule has 1 aromatic rings. The van der Waals surface area contributed by atoms with Gasteiger partial charge in [0.25, 0.3) is 0 Å². The van der Waals surface area contributed by atoms with Gasteiger partial charge >= 0.3 is 6.18 Å². The number of sulfonamides is 1. The van der Waals surface area contributed by atoms with Gasteiger partial charge in [0.2, 0.25) is 15.6 Å². The van der Waals surface area contributed by atoms with Crippen LogP contribution in [-0.2, 0) is 10.0 Å². The van der Waals surface area contributed by atoms with Gasteiger partial charge in [-0.3, -0.25) is 4.79 Å². The van der Waals surface area contributed by atoms with Crippen molar-refractivity contribution in [3.63, 3.8) is 0 Å².